The molecule has 1 fully saturated rings. The Labute approximate surface area is 211 Å². The van der Waals surface area contributed by atoms with Crippen LogP contribution in [0.5, 0.6) is 0 Å². The molecule has 8 heteroatoms. The number of amides is 1. The van der Waals surface area contributed by atoms with E-state index >= 15 is 0 Å². The zero-order valence-corrected chi connectivity index (χ0v) is 20.4. The highest BCUT2D eigenvalue weighted by Crippen LogP contribution is 2.34. The predicted octanol–water partition coefficient (Wildman–Crippen LogP) is 2.97. The Hall–Kier alpha value is -3.72. The lowest BCUT2D eigenvalue weighted by atomic mass is 9.99. The number of aliphatic imine (C=N–C) groups is 1. The van der Waals surface area contributed by atoms with Gasteiger partial charge in [-0.3, -0.25) is 15.1 Å². The fraction of sp³-hybridized carbons (Fsp3) is 0.286. The van der Waals surface area contributed by atoms with Gasteiger partial charge in [-0.25, -0.2) is 0 Å². The number of nitrogens with one attached hydrogen (secondary N) is 3. The topological polar surface area (TPSA) is 92.2 Å². The van der Waals surface area contributed by atoms with Gasteiger partial charge >= 0.3 is 0 Å². The van der Waals surface area contributed by atoms with Gasteiger partial charge in [0.15, 0.2) is 6.29 Å². The number of aliphatic hydroxyl groups is 1. The first-order valence-electron chi connectivity index (χ1n) is 12.2. The van der Waals surface area contributed by atoms with Gasteiger partial charge in [-0.1, -0.05) is 49.1 Å². The molecule has 36 heavy (non-hydrogen) atoms. The summed E-state index contributed by atoms with van der Waals surface area (Å²) in [5.41, 5.74) is 5.82. The lowest BCUT2D eigenvalue weighted by molar-refractivity contribution is -0.111. The molecular formula is C28H32N6O2. The van der Waals surface area contributed by atoms with Gasteiger partial charge in [0.25, 0.3) is 0 Å². The summed E-state index contributed by atoms with van der Waals surface area (Å²) in [6.07, 6.45) is 9.63. The summed E-state index contributed by atoms with van der Waals surface area (Å²) in [7, 11) is 2.03. The van der Waals surface area contributed by atoms with Crippen molar-refractivity contribution >= 4 is 23.5 Å². The van der Waals surface area contributed by atoms with Crippen molar-refractivity contribution in [3.63, 3.8) is 0 Å². The van der Waals surface area contributed by atoms with Crippen molar-refractivity contribution in [3.8, 4) is 11.1 Å². The average molecular weight is 485 g/mol. The van der Waals surface area contributed by atoms with Crippen molar-refractivity contribution in [2.75, 3.05) is 37.3 Å². The van der Waals surface area contributed by atoms with E-state index in [4.69, 9.17) is 0 Å². The molecule has 1 amide bonds. The van der Waals surface area contributed by atoms with Crippen LogP contribution < -0.4 is 16.0 Å². The Morgan fingerprint density at radius 2 is 2.11 bits per heavy atom. The molecule has 2 heterocycles. The number of β-amino-alcohol motifs (C(OH)–C–C–N with tert-alkyl or cyclic N) is 1. The molecular weight excluding hydrogens is 452 g/mol. The van der Waals surface area contributed by atoms with E-state index in [1.54, 1.807) is 0 Å². The number of hydrogen-bond donors (Lipinski definition) is 4. The Balaban J connectivity index is 1.27. The molecule has 2 aromatic rings. The van der Waals surface area contributed by atoms with E-state index in [-0.39, 0.29) is 18.2 Å². The van der Waals surface area contributed by atoms with Gasteiger partial charge in [0.05, 0.1) is 5.69 Å². The quantitative estimate of drug-likeness (QED) is 0.471. The fourth-order valence-electron chi connectivity index (χ4n) is 4.80. The molecule has 0 radical (unpaired) electrons. The minimum atomic E-state index is -0.479. The molecule has 5 rings (SSSR count). The number of nitrogens with zero attached hydrogens (tertiary/aromatic N) is 3. The van der Waals surface area contributed by atoms with Crippen molar-refractivity contribution < 1.29 is 9.90 Å². The number of aliphatic hydroxyl groups excluding tert-OH is 1. The van der Waals surface area contributed by atoms with E-state index in [0.29, 0.717) is 6.54 Å². The number of para-hydroxylation sites is 1. The van der Waals surface area contributed by atoms with Gasteiger partial charge < -0.3 is 25.5 Å². The van der Waals surface area contributed by atoms with Gasteiger partial charge in [-0.05, 0) is 43.3 Å². The number of fused-ring (bicyclic) bond motifs is 1. The molecule has 1 aliphatic carbocycles. The maximum absolute atomic E-state index is 11.7. The number of hydrogen-bond acceptors (Lipinski definition) is 7. The number of likely N-dealkylation sites (N-methyl/N-ethyl adjacent to an activating group) is 1. The standard InChI is InChI=1S/C28H32N6O2/c1-3-25(35)30-22-8-4-6-19(16-22)24-9-5-7-20-17-29-28(32-27(20)24)31-21-10-12-23(13-11-21)34-15-14-33(2)18-26(34)36/h3-10,12-13,16-17,21,26,28,31-32,36H,1,11,14-15,18H2,2H3,(H,30,35). The number of piperazine rings is 1. The second-order valence-corrected chi connectivity index (χ2v) is 9.30. The molecule has 3 aliphatic rings. The minimum absolute atomic E-state index is 0.124. The molecule has 0 spiro atoms. The molecule has 186 valence electrons. The van der Waals surface area contributed by atoms with Crippen molar-refractivity contribution in [1.29, 1.82) is 0 Å². The smallest absolute Gasteiger partial charge is 0.247 e. The molecule has 3 unspecified atom stereocenters. The average Bonchev–Trinajstić information content (AvgIpc) is 2.89. The maximum Gasteiger partial charge on any atom is 0.247 e. The predicted molar refractivity (Wildman–Crippen MR) is 145 cm³/mol. The summed E-state index contributed by atoms with van der Waals surface area (Å²) >= 11 is 0. The van der Waals surface area contributed by atoms with Crippen LogP contribution >= 0.6 is 0 Å². The van der Waals surface area contributed by atoms with Gasteiger partial charge in [0, 0.05) is 54.4 Å². The molecule has 0 aromatic heterocycles. The Kier molecular flexibility index (Phi) is 6.99. The van der Waals surface area contributed by atoms with Crippen LogP contribution in [0.4, 0.5) is 11.4 Å². The minimum Gasteiger partial charge on any atom is -0.372 e. The summed E-state index contributed by atoms with van der Waals surface area (Å²) < 4.78 is 0. The van der Waals surface area contributed by atoms with Crippen LogP contribution in [0.15, 0.2) is 84.0 Å². The van der Waals surface area contributed by atoms with Crippen molar-refractivity contribution in [2.24, 2.45) is 4.99 Å². The van der Waals surface area contributed by atoms with E-state index in [1.807, 2.05) is 49.7 Å². The van der Waals surface area contributed by atoms with E-state index in [9.17, 15) is 9.90 Å². The van der Waals surface area contributed by atoms with Crippen LogP contribution in [0.2, 0.25) is 0 Å². The second-order valence-electron chi connectivity index (χ2n) is 9.30. The lowest BCUT2D eigenvalue weighted by Gasteiger charge is -2.40. The highest BCUT2D eigenvalue weighted by Gasteiger charge is 2.26. The van der Waals surface area contributed by atoms with Crippen molar-refractivity contribution in [3.05, 3.63) is 84.6 Å². The van der Waals surface area contributed by atoms with E-state index < -0.39 is 6.23 Å². The van der Waals surface area contributed by atoms with Crippen molar-refractivity contribution in [1.82, 2.24) is 15.1 Å². The fourth-order valence-corrected chi connectivity index (χ4v) is 4.80. The zero-order chi connectivity index (χ0) is 25.1. The van der Waals surface area contributed by atoms with E-state index in [1.165, 1.54) is 6.08 Å². The summed E-state index contributed by atoms with van der Waals surface area (Å²) in [5.74, 6) is -0.239. The highest BCUT2D eigenvalue weighted by atomic mass is 16.3. The van der Waals surface area contributed by atoms with E-state index in [0.717, 1.165) is 53.3 Å². The van der Waals surface area contributed by atoms with Gasteiger partial charge in [0.1, 0.15) is 6.23 Å². The largest absolute Gasteiger partial charge is 0.372 e. The SMILES string of the molecule is C=CC(=O)Nc1cccc(-c2cccc3c2NC(NC2C=CC(N4CCN(C)CC4O)=CC2)N=C3)c1. The van der Waals surface area contributed by atoms with Crippen LogP contribution in [0.25, 0.3) is 11.1 Å². The van der Waals surface area contributed by atoms with Crippen LogP contribution in [-0.2, 0) is 4.79 Å². The van der Waals surface area contributed by atoms with Crippen LogP contribution in [0, 0.1) is 0 Å². The normalized spacial score (nSPS) is 23.4. The number of rotatable bonds is 6. The molecule has 0 bridgehead atoms. The number of carbonyl (C=O) groups is 1. The molecule has 4 N–H and O–H groups in total. The summed E-state index contributed by atoms with van der Waals surface area (Å²) in [6.45, 7) is 5.93. The summed E-state index contributed by atoms with van der Waals surface area (Å²) in [5, 5.41) is 20.4. The number of allylic oxidation sites excluding steroid dienone is 1. The van der Waals surface area contributed by atoms with Gasteiger partial charge in [-0.2, -0.15) is 0 Å². The first-order valence-corrected chi connectivity index (χ1v) is 12.2. The third-order valence-corrected chi connectivity index (χ3v) is 6.71. The molecule has 8 nitrogen and oxygen atoms in total. The number of carbonyl (C=O) groups excluding carboxylic acids is 1. The molecule has 1 saturated heterocycles. The third-order valence-electron chi connectivity index (χ3n) is 6.71. The van der Waals surface area contributed by atoms with Crippen LogP contribution in [0.3, 0.4) is 0 Å². The summed E-state index contributed by atoms with van der Waals surface area (Å²) in [4.78, 5) is 20.6. The Morgan fingerprint density at radius 3 is 2.89 bits per heavy atom. The molecule has 0 saturated carbocycles. The Morgan fingerprint density at radius 1 is 1.25 bits per heavy atom. The van der Waals surface area contributed by atoms with Gasteiger partial charge in [0.2, 0.25) is 5.91 Å². The molecule has 2 aliphatic heterocycles. The maximum atomic E-state index is 11.7. The zero-order valence-electron chi connectivity index (χ0n) is 20.4. The first kappa shape index (κ1) is 24.0. The molecule has 2 aromatic carbocycles. The van der Waals surface area contributed by atoms with Gasteiger partial charge in [-0.15, -0.1) is 0 Å². The monoisotopic (exact) mass is 484 g/mol. The number of anilines is 2. The Bertz CT molecular complexity index is 1240. The second kappa shape index (κ2) is 10.5. The van der Waals surface area contributed by atoms with Crippen LogP contribution in [-0.4, -0.2) is 72.3 Å². The van der Waals surface area contributed by atoms with E-state index in [2.05, 4.69) is 61.6 Å². The van der Waals surface area contributed by atoms with Crippen LogP contribution in [0.1, 0.15) is 12.0 Å². The van der Waals surface area contributed by atoms with Crippen molar-refractivity contribution in [2.45, 2.75) is 25.0 Å². The first-order chi connectivity index (χ1) is 17.5. The third kappa shape index (κ3) is 5.26. The number of benzene rings is 2. The summed E-state index contributed by atoms with van der Waals surface area (Å²) in [6, 6.07) is 14.0. The highest BCUT2D eigenvalue weighted by molar-refractivity contribution is 6.00. The lowest BCUT2D eigenvalue weighted by Crippen LogP contribution is -2.51. The molecule has 3 atom stereocenters.